The molecule has 0 radical (unpaired) electrons. The maximum absolute atomic E-state index is 12.8. The Morgan fingerprint density at radius 2 is 2.09 bits per heavy atom. The van der Waals surface area contributed by atoms with Crippen LogP contribution in [0, 0.1) is 0 Å². The van der Waals surface area contributed by atoms with Gasteiger partial charge in [-0.3, -0.25) is 4.90 Å². The number of carbonyl (C=O) groups is 1. The van der Waals surface area contributed by atoms with Crippen LogP contribution in [-0.2, 0) is 10.9 Å². The lowest BCUT2D eigenvalue weighted by molar-refractivity contribution is -0.137. The molecule has 1 aromatic carbocycles. The zero-order valence-electron chi connectivity index (χ0n) is 12.4. The van der Waals surface area contributed by atoms with Crippen LogP contribution in [0.1, 0.15) is 43.9 Å². The summed E-state index contributed by atoms with van der Waals surface area (Å²) in [6.07, 6.45) is -5.39. The molecule has 2 rings (SSSR count). The van der Waals surface area contributed by atoms with Crippen LogP contribution >= 0.6 is 0 Å². The molecule has 1 unspecified atom stereocenters. The Morgan fingerprint density at radius 3 is 2.64 bits per heavy atom. The van der Waals surface area contributed by atoms with E-state index in [2.05, 4.69) is 0 Å². The van der Waals surface area contributed by atoms with Crippen molar-refractivity contribution in [3.63, 3.8) is 0 Å². The van der Waals surface area contributed by atoms with Gasteiger partial charge in [0.05, 0.1) is 24.0 Å². The van der Waals surface area contributed by atoms with Crippen molar-refractivity contribution in [1.82, 2.24) is 0 Å². The van der Waals surface area contributed by atoms with Crippen LogP contribution in [0.15, 0.2) is 18.2 Å². The SMILES string of the molecule is CCOC(=O)N1c2ccc(C(F)(F)F)cc2[C@@H](O)CC1CC. The van der Waals surface area contributed by atoms with E-state index in [1.165, 1.54) is 11.0 Å². The third kappa shape index (κ3) is 3.04. The Bertz CT molecular complexity index is 559. The van der Waals surface area contributed by atoms with E-state index in [4.69, 9.17) is 4.74 Å². The fourth-order valence-corrected chi connectivity index (χ4v) is 2.69. The summed E-state index contributed by atoms with van der Waals surface area (Å²) in [7, 11) is 0. The second kappa shape index (κ2) is 6.16. The van der Waals surface area contributed by atoms with Crippen molar-refractivity contribution in [2.24, 2.45) is 0 Å². The number of hydrogen-bond donors (Lipinski definition) is 1. The Hall–Kier alpha value is -1.76. The molecule has 0 aromatic heterocycles. The van der Waals surface area contributed by atoms with Crippen molar-refractivity contribution in [1.29, 1.82) is 0 Å². The number of fused-ring (bicyclic) bond motifs is 1. The van der Waals surface area contributed by atoms with Crippen molar-refractivity contribution in [3.8, 4) is 0 Å². The van der Waals surface area contributed by atoms with Gasteiger partial charge in [-0.05, 0) is 38.0 Å². The Kier molecular flexibility index (Phi) is 4.65. The molecule has 0 saturated heterocycles. The molecule has 4 nitrogen and oxygen atoms in total. The average molecular weight is 317 g/mol. The summed E-state index contributed by atoms with van der Waals surface area (Å²) >= 11 is 0. The maximum Gasteiger partial charge on any atom is 0.416 e. The lowest BCUT2D eigenvalue weighted by Gasteiger charge is -2.38. The van der Waals surface area contributed by atoms with Crippen molar-refractivity contribution >= 4 is 11.8 Å². The second-order valence-electron chi connectivity index (χ2n) is 5.15. The number of carbonyl (C=O) groups excluding carboxylic acids is 1. The molecule has 1 N–H and O–H groups in total. The fourth-order valence-electron chi connectivity index (χ4n) is 2.69. The average Bonchev–Trinajstić information content (AvgIpc) is 2.45. The van der Waals surface area contributed by atoms with Crippen LogP contribution in [-0.4, -0.2) is 23.8 Å². The summed E-state index contributed by atoms with van der Waals surface area (Å²) < 4.78 is 43.4. The van der Waals surface area contributed by atoms with E-state index < -0.39 is 23.9 Å². The Labute approximate surface area is 126 Å². The highest BCUT2D eigenvalue weighted by Crippen LogP contribution is 2.41. The molecular formula is C15H18F3NO3. The number of aliphatic hydroxyl groups excluding tert-OH is 1. The quantitative estimate of drug-likeness (QED) is 0.900. The van der Waals surface area contributed by atoms with Crippen LogP contribution in [0.25, 0.3) is 0 Å². The van der Waals surface area contributed by atoms with Crippen molar-refractivity contribution < 1.29 is 27.8 Å². The third-order valence-corrected chi connectivity index (χ3v) is 3.77. The molecular weight excluding hydrogens is 299 g/mol. The van der Waals surface area contributed by atoms with Crippen LogP contribution in [0.5, 0.6) is 0 Å². The predicted molar refractivity (Wildman–Crippen MR) is 74.6 cm³/mol. The van der Waals surface area contributed by atoms with Gasteiger partial charge in [-0.2, -0.15) is 13.2 Å². The summed E-state index contributed by atoms with van der Waals surface area (Å²) in [4.78, 5) is 13.5. The summed E-state index contributed by atoms with van der Waals surface area (Å²) in [6.45, 7) is 3.67. The number of nitrogens with zero attached hydrogens (tertiary/aromatic N) is 1. The maximum atomic E-state index is 12.8. The number of halogens is 3. The second-order valence-corrected chi connectivity index (χ2v) is 5.15. The minimum Gasteiger partial charge on any atom is -0.449 e. The van der Waals surface area contributed by atoms with Gasteiger partial charge in [0.25, 0.3) is 0 Å². The molecule has 0 aliphatic carbocycles. The van der Waals surface area contributed by atoms with Gasteiger partial charge in [0, 0.05) is 11.6 Å². The van der Waals surface area contributed by atoms with Gasteiger partial charge in [-0.15, -0.1) is 0 Å². The van der Waals surface area contributed by atoms with Gasteiger partial charge in [-0.25, -0.2) is 4.79 Å². The normalized spacial score (nSPS) is 21.5. The van der Waals surface area contributed by atoms with Crippen molar-refractivity contribution in [3.05, 3.63) is 29.3 Å². The summed E-state index contributed by atoms with van der Waals surface area (Å²) in [5, 5.41) is 10.1. The number of hydrogen-bond acceptors (Lipinski definition) is 3. The molecule has 0 spiro atoms. The molecule has 0 fully saturated rings. The molecule has 0 saturated carbocycles. The Morgan fingerprint density at radius 1 is 1.41 bits per heavy atom. The standard InChI is InChI=1S/C15H18F3NO3/c1-3-10-8-13(20)11-7-9(15(16,17)18)5-6-12(11)19(10)14(21)22-4-2/h5-7,10,13,20H,3-4,8H2,1-2H3/t10?,13-/m0/s1. The highest BCUT2D eigenvalue weighted by molar-refractivity contribution is 5.90. The molecule has 2 atom stereocenters. The molecule has 1 aliphatic heterocycles. The highest BCUT2D eigenvalue weighted by Gasteiger charge is 2.38. The van der Waals surface area contributed by atoms with Gasteiger partial charge in [0.15, 0.2) is 0 Å². The van der Waals surface area contributed by atoms with E-state index in [1.54, 1.807) is 6.92 Å². The lowest BCUT2D eigenvalue weighted by atomic mass is 9.91. The minimum absolute atomic E-state index is 0.104. The van der Waals surface area contributed by atoms with Crippen LogP contribution in [0.2, 0.25) is 0 Å². The van der Waals surface area contributed by atoms with E-state index in [1.807, 2.05) is 6.92 Å². The molecule has 0 bridgehead atoms. The van der Waals surface area contributed by atoms with Gasteiger partial charge in [-0.1, -0.05) is 6.92 Å². The molecule has 1 amide bonds. The smallest absolute Gasteiger partial charge is 0.416 e. The predicted octanol–water partition coefficient (Wildman–Crippen LogP) is 3.88. The summed E-state index contributed by atoms with van der Waals surface area (Å²) in [5.74, 6) is 0. The van der Waals surface area contributed by atoms with Crippen molar-refractivity contribution in [2.45, 2.75) is 45.0 Å². The number of ether oxygens (including phenoxy) is 1. The monoisotopic (exact) mass is 317 g/mol. The fraction of sp³-hybridized carbons (Fsp3) is 0.533. The van der Waals surface area contributed by atoms with Gasteiger partial charge in [0.1, 0.15) is 0 Å². The van der Waals surface area contributed by atoms with E-state index in [-0.39, 0.29) is 30.3 Å². The number of alkyl halides is 3. The molecule has 1 aromatic rings. The zero-order valence-corrected chi connectivity index (χ0v) is 12.4. The van der Waals surface area contributed by atoms with Crippen LogP contribution < -0.4 is 4.90 Å². The van der Waals surface area contributed by atoms with E-state index in [0.29, 0.717) is 6.42 Å². The molecule has 1 heterocycles. The van der Waals surface area contributed by atoms with Crippen molar-refractivity contribution in [2.75, 3.05) is 11.5 Å². The number of rotatable bonds is 2. The molecule has 7 heteroatoms. The van der Waals surface area contributed by atoms with Gasteiger partial charge >= 0.3 is 12.3 Å². The van der Waals surface area contributed by atoms with Crippen LogP contribution in [0.4, 0.5) is 23.7 Å². The summed E-state index contributed by atoms with van der Waals surface area (Å²) in [6, 6.07) is 2.73. The lowest BCUT2D eigenvalue weighted by Crippen LogP contribution is -2.45. The van der Waals surface area contributed by atoms with E-state index in [0.717, 1.165) is 12.1 Å². The van der Waals surface area contributed by atoms with Gasteiger partial charge in [0.2, 0.25) is 0 Å². The topological polar surface area (TPSA) is 49.8 Å². The largest absolute Gasteiger partial charge is 0.449 e. The highest BCUT2D eigenvalue weighted by atomic mass is 19.4. The van der Waals surface area contributed by atoms with Crippen LogP contribution in [0.3, 0.4) is 0 Å². The zero-order chi connectivity index (χ0) is 16.5. The first-order chi connectivity index (χ1) is 10.3. The minimum atomic E-state index is -4.49. The van der Waals surface area contributed by atoms with E-state index >= 15 is 0 Å². The number of amides is 1. The third-order valence-electron chi connectivity index (χ3n) is 3.77. The Balaban J connectivity index is 2.49. The number of benzene rings is 1. The molecule has 1 aliphatic rings. The number of anilines is 1. The van der Waals surface area contributed by atoms with Gasteiger partial charge < -0.3 is 9.84 Å². The number of aliphatic hydroxyl groups is 1. The van der Waals surface area contributed by atoms with E-state index in [9.17, 15) is 23.1 Å². The molecule has 122 valence electrons. The first-order valence-corrected chi connectivity index (χ1v) is 7.14. The molecule has 22 heavy (non-hydrogen) atoms. The summed E-state index contributed by atoms with van der Waals surface area (Å²) in [5.41, 5.74) is -0.464. The first kappa shape index (κ1) is 16.6. The first-order valence-electron chi connectivity index (χ1n) is 7.14.